The highest BCUT2D eigenvalue weighted by Gasteiger charge is 2.26. The van der Waals surface area contributed by atoms with E-state index < -0.39 is 0 Å². The first-order valence-corrected chi connectivity index (χ1v) is 8.60. The van der Waals surface area contributed by atoms with Crippen LogP contribution < -0.4 is 16.0 Å². The number of carbonyl (C=O) groups is 1. The minimum absolute atomic E-state index is 0. The number of benzene rings is 2. The highest BCUT2D eigenvalue weighted by molar-refractivity contribution is 6.30. The number of nitrogens with one attached hydrogen (secondary N) is 1. The van der Waals surface area contributed by atoms with Crippen LogP contribution in [0.5, 0.6) is 0 Å². The van der Waals surface area contributed by atoms with E-state index in [1.165, 1.54) is 0 Å². The molecule has 0 spiro atoms. The molecule has 6 heteroatoms. The van der Waals surface area contributed by atoms with Crippen molar-refractivity contribution in [2.75, 3.05) is 17.2 Å². The molecule has 0 saturated carbocycles. The fourth-order valence-corrected chi connectivity index (χ4v) is 3.29. The molecule has 1 aliphatic heterocycles. The summed E-state index contributed by atoms with van der Waals surface area (Å²) in [7, 11) is 0. The number of carbonyl (C=O) groups excluding carboxylic acids is 1. The summed E-state index contributed by atoms with van der Waals surface area (Å²) in [5, 5.41) is 3.70. The Bertz CT molecular complexity index is 734. The smallest absolute Gasteiger partial charge is 0.242 e. The topological polar surface area (TPSA) is 58.4 Å². The summed E-state index contributed by atoms with van der Waals surface area (Å²) in [4.78, 5) is 14.7. The molecule has 1 atom stereocenters. The van der Waals surface area contributed by atoms with Crippen molar-refractivity contribution in [1.82, 2.24) is 5.32 Å². The summed E-state index contributed by atoms with van der Waals surface area (Å²) in [5.41, 5.74) is 10.2. The Labute approximate surface area is 159 Å². The van der Waals surface area contributed by atoms with Crippen LogP contribution >= 0.6 is 24.0 Å². The van der Waals surface area contributed by atoms with Crippen molar-refractivity contribution in [2.24, 2.45) is 0 Å². The standard InChI is InChI=1S/C19H22ClN3O.ClH/c1-13(19(24)22-12-14-7-9-15(20)10-8-14)23-11-3-4-16-17(21)5-2-6-18(16)23;/h2,5-10,13H,3-4,11-12,21H2,1H3,(H,22,24);1H. The summed E-state index contributed by atoms with van der Waals surface area (Å²) in [6, 6.07) is 13.2. The van der Waals surface area contributed by atoms with Gasteiger partial charge < -0.3 is 16.0 Å². The third-order valence-electron chi connectivity index (χ3n) is 4.55. The number of fused-ring (bicyclic) bond motifs is 1. The van der Waals surface area contributed by atoms with E-state index in [-0.39, 0.29) is 24.4 Å². The average molecular weight is 380 g/mol. The highest BCUT2D eigenvalue weighted by atomic mass is 35.5. The maximum Gasteiger partial charge on any atom is 0.242 e. The van der Waals surface area contributed by atoms with Crippen LogP contribution in [0, 0.1) is 0 Å². The zero-order valence-corrected chi connectivity index (χ0v) is 15.7. The van der Waals surface area contributed by atoms with Crippen LogP contribution in [-0.4, -0.2) is 18.5 Å². The van der Waals surface area contributed by atoms with Crippen LogP contribution in [0.1, 0.15) is 24.5 Å². The van der Waals surface area contributed by atoms with Gasteiger partial charge in [0.05, 0.1) is 0 Å². The molecule has 0 fully saturated rings. The first kappa shape index (κ1) is 19.4. The third kappa shape index (κ3) is 4.39. The van der Waals surface area contributed by atoms with Gasteiger partial charge in [-0.05, 0) is 55.2 Å². The van der Waals surface area contributed by atoms with Crippen molar-refractivity contribution in [3.8, 4) is 0 Å². The zero-order chi connectivity index (χ0) is 17.1. The van der Waals surface area contributed by atoms with E-state index in [0.717, 1.165) is 41.9 Å². The second-order valence-electron chi connectivity index (χ2n) is 6.16. The van der Waals surface area contributed by atoms with Gasteiger partial charge in [-0.15, -0.1) is 12.4 Å². The Morgan fingerprint density at radius 2 is 2.00 bits per heavy atom. The number of halogens is 2. The number of anilines is 2. The van der Waals surface area contributed by atoms with Crippen LogP contribution in [0.2, 0.25) is 5.02 Å². The van der Waals surface area contributed by atoms with Gasteiger partial charge in [0, 0.05) is 29.5 Å². The van der Waals surface area contributed by atoms with E-state index >= 15 is 0 Å². The third-order valence-corrected chi connectivity index (χ3v) is 4.80. The van der Waals surface area contributed by atoms with Crippen LogP contribution in [0.3, 0.4) is 0 Å². The zero-order valence-electron chi connectivity index (χ0n) is 14.2. The number of amides is 1. The Morgan fingerprint density at radius 3 is 2.72 bits per heavy atom. The van der Waals surface area contributed by atoms with Gasteiger partial charge in [0.1, 0.15) is 6.04 Å². The number of nitrogens with two attached hydrogens (primary N) is 1. The molecule has 1 heterocycles. The molecule has 134 valence electrons. The molecular weight excluding hydrogens is 357 g/mol. The summed E-state index contributed by atoms with van der Waals surface area (Å²) < 4.78 is 0. The minimum atomic E-state index is -0.238. The number of hydrogen-bond donors (Lipinski definition) is 2. The van der Waals surface area contributed by atoms with E-state index in [1.807, 2.05) is 49.4 Å². The van der Waals surface area contributed by atoms with Gasteiger partial charge in [0.15, 0.2) is 0 Å². The van der Waals surface area contributed by atoms with Crippen LogP contribution in [0.15, 0.2) is 42.5 Å². The lowest BCUT2D eigenvalue weighted by Gasteiger charge is -2.36. The Morgan fingerprint density at radius 1 is 1.28 bits per heavy atom. The van der Waals surface area contributed by atoms with Gasteiger partial charge in [-0.1, -0.05) is 29.8 Å². The minimum Gasteiger partial charge on any atom is -0.398 e. The fourth-order valence-electron chi connectivity index (χ4n) is 3.16. The molecular formula is C19H23Cl2N3O. The molecule has 1 unspecified atom stereocenters. The molecule has 3 N–H and O–H groups in total. The maximum atomic E-state index is 12.6. The largest absolute Gasteiger partial charge is 0.398 e. The maximum absolute atomic E-state index is 12.6. The van der Waals surface area contributed by atoms with Crippen molar-refractivity contribution in [1.29, 1.82) is 0 Å². The lowest BCUT2D eigenvalue weighted by molar-refractivity contribution is -0.122. The Kier molecular flexibility index (Phi) is 6.57. The molecule has 0 bridgehead atoms. The number of rotatable bonds is 4. The number of nitrogen functional groups attached to an aromatic ring is 1. The molecule has 1 amide bonds. The molecule has 3 rings (SSSR count). The first-order chi connectivity index (χ1) is 11.6. The monoisotopic (exact) mass is 379 g/mol. The molecule has 0 aromatic heterocycles. The Hall–Kier alpha value is -1.91. The lowest BCUT2D eigenvalue weighted by Crippen LogP contribution is -2.47. The summed E-state index contributed by atoms with van der Waals surface area (Å²) in [6.45, 7) is 3.30. The first-order valence-electron chi connectivity index (χ1n) is 8.22. The van der Waals surface area contributed by atoms with E-state index in [4.69, 9.17) is 17.3 Å². The van der Waals surface area contributed by atoms with Crippen LogP contribution in [0.25, 0.3) is 0 Å². The number of nitrogens with zero attached hydrogens (tertiary/aromatic N) is 1. The van der Waals surface area contributed by atoms with Crippen LogP contribution in [-0.2, 0) is 17.8 Å². The molecule has 1 aliphatic rings. The van der Waals surface area contributed by atoms with E-state index in [2.05, 4.69) is 10.2 Å². The highest BCUT2D eigenvalue weighted by Crippen LogP contribution is 2.32. The number of hydrogen-bond acceptors (Lipinski definition) is 3. The van der Waals surface area contributed by atoms with Crippen molar-refractivity contribution in [2.45, 2.75) is 32.4 Å². The molecule has 4 nitrogen and oxygen atoms in total. The Balaban J connectivity index is 0.00000225. The van der Waals surface area contributed by atoms with Crippen molar-refractivity contribution in [3.63, 3.8) is 0 Å². The van der Waals surface area contributed by atoms with Crippen molar-refractivity contribution in [3.05, 3.63) is 58.6 Å². The van der Waals surface area contributed by atoms with E-state index in [9.17, 15) is 4.79 Å². The van der Waals surface area contributed by atoms with Gasteiger partial charge in [-0.3, -0.25) is 4.79 Å². The van der Waals surface area contributed by atoms with Gasteiger partial charge in [0.25, 0.3) is 0 Å². The predicted octanol–water partition coefficient (Wildman–Crippen LogP) is 3.80. The second-order valence-corrected chi connectivity index (χ2v) is 6.60. The predicted molar refractivity (Wildman–Crippen MR) is 107 cm³/mol. The summed E-state index contributed by atoms with van der Waals surface area (Å²) in [6.07, 6.45) is 1.98. The SMILES string of the molecule is CC(C(=O)NCc1ccc(Cl)cc1)N1CCCc2c(N)cccc21.Cl. The summed E-state index contributed by atoms with van der Waals surface area (Å²) in [5.74, 6) is 0.0141. The van der Waals surface area contributed by atoms with Crippen LogP contribution in [0.4, 0.5) is 11.4 Å². The molecule has 0 radical (unpaired) electrons. The lowest BCUT2D eigenvalue weighted by atomic mass is 9.98. The fraction of sp³-hybridized carbons (Fsp3) is 0.316. The normalized spacial score (nSPS) is 14.2. The van der Waals surface area contributed by atoms with E-state index in [1.54, 1.807) is 0 Å². The average Bonchev–Trinajstić information content (AvgIpc) is 2.60. The molecule has 25 heavy (non-hydrogen) atoms. The second kappa shape index (κ2) is 8.45. The van der Waals surface area contributed by atoms with Gasteiger partial charge in [-0.2, -0.15) is 0 Å². The quantitative estimate of drug-likeness (QED) is 0.794. The van der Waals surface area contributed by atoms with E-state index in [0.29, 0.717) is 11.6 Å². The molecule has 2 aromatic carbocycles. The molecule has 2 aromatic rings. The summed E-state index contributed by atoms with van der Waals surface area (Å²) >= 11 is 5.88. The van der Waals surface area contributed by atoms with Gasteiger partial charge in [-0.25, -0.2) is 0 Å². The van der Waals surface area contributed by atoms with Gasteiger partial charge in [0.2, 0.25) is 5.91 Å². The van der Waals surface area contributed by atoms with Gasteiger partial charge >= 0.3 is 0 Å². The van der Waals surface area contributed by atoms with Crippen molar-refractivity contribution >= 4 is 41.3 Å². The van der Waals surface area contributed by atoms with Crippen molar-refractivity contribution < 1.29 is 4.79 Å². The molecule has 0 aliphatic carbocycles. The molecule has 0 saturated heterocycles.